The van der Waals surface area contributed by atoms with Crippen LogP contribution < -0.4 is 5.32 Å². The number of amides is 1. The monoisotopic (exact) mass is 307 g/mol. The number of likely N-dealkylation sites (tertiary alicyclic amines) is 1. The molecule has 0 aliphatic carbocycles. The number of nitriles is 1. The zero-order valence-electron chi connectivity index (χ0n) is 13.3. The van der Waals surface area contributed by atoms with Crippen LogP contribution in [0.3, 0.4) is 0 Å². The van der Waals surface area contributed by atoms with Crippen molar-refractivity contribution in [1.82, 2.24) is 10.2 Å². The number of carbonyl (C=O) groups is 2. The first-order valence-corrected chi connectivity index (χ1v) is 7.83. The molecule has 0 bridgehead atoms. The molecule has 1 saturated heterocycles. The Morgan fingerprint density at radius 2 is 1.86 bits per heavy atom. The van der Waals surface area contributed by atoms with Gasteiger partial charge in [0.1, 0.15) is 17.7 Å². The highest BCUT2D eigenvalue weighted by molar-refractivity contribution is 5.99. The number of hydrogen-bond acceptors (Lipinski definition) is 4. The lowest BCUT2D eigenvalue weighted by Crippen LogP contribution is -2.42. The lowest BCUT2D eigenvalue weighted by atomic mass is 10.0. The maximum atomic E-state index is 12.1. The lowest BCUT2D eigenvalue weighted by molar-refractivity contribution is -0.141. The van der Waals surface area contributed by atoms with E-state index in [1.807, 2.05) is 24.8 Å². The molecular formula is C16H25N3O3. The number of nitrogens with one attached hydrogen (secondary N) is 1. The van der Waals surface area contributed by atoms with Crippen molar-refractivity contribution in [1.29, 1.82) is 5.26 Å². The highest BCUT2D eigenvalue weighted by atomic mass is 16.4. The molecular weight excluding hydrogens is 282 g/mol. The van der Waals surface area contributed by atoms with Gasteiger partial charge in [0, 0.05) is 19.3 Å². The SMILES string of the molecule is CC(C)CC(NC(=O)/C(C#N)=C\N1CCCCCC1)C(=O)O. The predicted octanol–water partition coefficient (Wildman–Crippen LogP) is 1.89. The van der Waals surface area contributed by atoms with Crippen molar-refractivity contribution in [3.63, 3.8) is 0 Å². The first-order chi connectivity index (χ1) is 10.4. The fourth-order valence-corrected chi connectivity index (χ4v) is 2.47. The maximum absolute atomic E-state index is 12.1. The van der Waals surface area contributed by atoms with Crippen LogP contribution in [0.4, 0.5) is 0 Å². The zero-order valence-corrected chi connectivity index (χ0v) is 13.3. The number of nitrogens with zero attached hydrogens (tertiary/aromatic N) is 2. The predicted molar refractivity (Wildman–Crippen MR) is 82.8 cm³/mol. The van der Waals surface area contributed by atoms with Crippen LogP contribution in [-0.2, 0) is 9.59 Å². The number of rotatable bonds is 6. The van der Waals surface area contributed by atoms with Gasteiger partial charge < -0.3 is 15.3 Å². The molecule has 1 amide bonds. The average molecular weight is 307 g/mol. The Morgan fingerprint density at radius 3 is 2.32 bits per heavy atom. The Bertz CT molecular complexity index is 458. The van der Waals surface area contributed by atoms with E-state index in [4.69, 9.17) is 5.11 Å². The topological polar surface area (TPSA) is 93.4 Å². The third-order valence-corrected chi connectivity index (χ3v) is 3.63. The van der Waals surface area contributed by atoms with Gasteiger partial charge in [-0.05, 0) is 25.2 Å². The van der Waals surface area contributed by atoms with E-state index in [0.29, 0.717) is 6.42 Å². The number of carbonyl (C=O) groups excluding carboxylic acids is 1. The molecule has 1 heterocycles. The normalized spacial score (nSPS) is 17.5. The minimum atomic E-state index is -1.07. The molecule has 1 fully saturated rings. The second-order valence-corrected chi connectivity index (χ2v) is 6.10. The van der Waals surface area contributed by atoms with Crippen molar-refractivity contribution < 1.29 is 14.7 Å². The van der Waals surface area contributed by atoms with Crippen LogP contribution in [-0.4, -0.2) is 41.0 Å². The standard InChI is InChI=1S/C16H25N3O3/c1-12(2)9-14(16(21)22)18-15(20)13(10-17)11-19-7-5-3-4-6-8-19/h11-12,14H,3-9H2,1-2H3,(H,18,20)(H,21,22)/b13-11-. The van der Waals surface area contributed by atoms with Crippen LogP contribution in [0.25, 0.3) is 0 Å². The maximum Gasteiger partial charge on any atom is 0.326 e. The second-order valence-electron chi connectivity index (χ2n) is 6.10. The van der Waals surface area contributed by atoms with Gasteiger partial charge in [-0.1, -0.05) is 26.7 Å². The van der Waals surface area contributed by atoms with Gasteiger partial charge >= 0.3 is 5.97 Å². The van der Waals surface area contributed by atoms with Crippen molar-refractivity contribution in [2.45, 2.75) is 52.0 Å². The minimum absolute atomic E-state index is 0.0306. The molecule has 2 N–H and O–H groups in total. The van der Waals surface area contributed by atoms with E-state index in [1.165, 1.54) is 0 Å². The van der Waals surface area contributed by atoms with E-state index >= 15 is 0 Å². The van der Waals surface area contributed by atoms with Crippen LogP contribution in [0, 0.1) is 17.2 Å². The first kappa shape index (κ1) is 18.0. The molecule has 1 aliphatic rings. The third-order valence-electron chi connectivity index (χ3n) is 3.63. The highest BCUT2D eigenvalue weighted by Gasteiger charge is 2.23. The van der Waals surface area contributed by atoms with Crippen LogP contribution in [0.1, 0.15) is 46.0 Å². The molecule has 1 aliphatic heterocycles. The van der Waals surface area contributed by atoms with Crippen LogP contribution >= 0.6 is 0 Å². The Kier molecular flexibility index (Phi) is 7.44. The van der Waals surface area contributed by atoms with E-state index in [9.17, 15) is 14.9 Å². The van der Waals surface area contributed by atoms with E-state index in [0.717, 1.165) is 38.8 Å². The van der Waals surface area contributed by atoms with Crippen molar-refractivity contribution >= 4 is 11.9 Å². The van der Waals surface area contributed by atoms with Crippen molar-refractivity contribution in [2.24, 2.45) is 5.92 Å². The second kappa shape index (κ2) is 9.08. The van der Waals surface area contributed by atoms with Crippen molar-refractivity contribution in [3.8, 4) is 6.07 Å². The molecule has 122 valence electrons. The average Bonchev–Trinajstić information content (AvgIpc) is 2.71. The van der Waals surface area contributed by atoms with E-state index in [-0.39, 0.29) is 11.5 Å². The Balaban J connectivity index is 2.73. The summed E-state index contributed by atoms with van der Waals surface area (Å²) in [6.07, 6.45) is 6.31. The fourth-order valence-electron chi connectivity index (χ4n) is 2.47. The summed E-state index contributed by atoms with van der Waals surface area (Å²) in [5.41, 5.74) is -0.0306. The summed E-state index contributed by atoms with van der Waals surface area (Å²) in [7, 11) is 0. The Labute approximate surface area is 131 Å². The Morgan fingerprint density at radius 1 is 1.27 bits per heavy atom. The molecule has 0 spiro atoms. The smallest absolute Gasteiger partial charge is 0.326 e. The van der Waals surface area contributed by atoms with Gasteiger partial charge in [0.05, 0.1) is 0 Å². The van der Waals surface area contributed by atoms with Gasteiger partial charge in [-0.2, -0.15) is 5.26 Å². The van der Waals surface area contributed by atoms with Gasteiger partial charge in [-0.25, -0.2) is 4.79 Å². The lowest BCUT2D eigenvalue weighted by Gasteiger charge is -2.19. The molecule has 0 aromatic carbocycles. The zero-order chi connectivity index (χ0) is 16.5. The number of carboxylic acids is 1. The molecule has 6 heteroatoms. The quantitative estimate of drug-likeness (QED) is 0.577. The summed E-state index contributed by atoms with van der Waals surface area (Å²) in [5.74, 6) is -1.55. The number of carboxylic acid groups (broad SMARTS) is 1. The molecule has 1 atom stereocenters. The molecule has 0 aromatic heterocycles. The summed E-state index contributed by atoms with van der Waals surface area (Å²) in [5, 5.41) is 20.8. The molecule has 0 radical (unpaired) electrons. The van der Waals surface area contributed by atoms with Crippen molar-refractivity contribution in [3.05, 3.63) is 11.8 Å². The number of hydrogen-bond donors (Lipinski definition) is 2. The van der Waals surface area contributed by atoms with Gasteiger partial charge in [0.15, 0.2) is 0 Å². The van der Waals surface area contributed by atoms with Gasteiger partial charge in [0.25, 0.3) is 5.91 Å². The molecule has 1 unspecified atom stereocenters. The van der Waals surface area contributed by atoms with Gasteiger partial charge in [0.2, 0.25) is 0 Å². The molecule has 0 saturated carbocycles. The van der Waals surface area contributed by atoms with Crippen LogP contribution in [0.15, 0.2) is 11.8 Å². The summed E-state index contributed by atoms with van der Waals surface area (Å²) >= 11 is 0. The van der Waals surface area contributed by atoms with Crippen LogP contribution in [0.2, 0.25) is 0 Å². The molecule has 22 heavy (non-hydrogen) atoms. The summed E-state index contributed by atoms with van der Waals surface area (Å²) in [6, 6.07) is 0.917. The summed E-state index contributed by atoms with van der Waals surface area (Å²) in [4.78, 5) is 25.3. The fraction of sp³-hybridized carbons (Fsp3) is 0.688. The van der Waals surface area contributed by atoms with Gasteiger partial charge in [-0.3, -0.25) is 4.79 Å². The molecule has 0 aromatic rings. The first-order valence-electron chi connectivity index (χ1n) is 7.83. The van der Waals surface area contributed by atoms with E-state index in [1.54, 1.807) is 6.20 Å². The van der Waals surface area contributed by atoms with Gasteiger partial charge in [-0.15, -0.1) is 0 Å². The summed E-state index contributed by atoms with van der Waals surface area (Å²) in [6.45, 7) is 5.43. The largest absolute Gasteiger partial charge is 0.480 e. The molecule has 1 rings (SSSR count). The van der Waals surface area contributed by atoms with Crippen LogP contribution in [0.5, 0.6) is 0 Å². The Hall–Kier alpha value is -2.03. The highest BCUT2D eigenvalue weighted by Crippen LogP contribution is 2.12. The summed E-state index contributed by atoms with van der Waals surface area (Å²) < 4.78 is 0. The van der Waals surface area contributed by atoms with Crippen molar-refractivity contribution in [2.75, 3.05) is 13.1 Å². The molecule has 6 nitrogen and oxygen atoms in total. The third kappa shape index (κ3) is 6.17. The minimum Gasteiger partial charge on any atom is -0.480 e. The van der Waals surface area contributed by atoms with E-state index < -0.39 is 17.9 Å². The number of aliphatic carboxylic acids is 1. The van der Waals surface area contributed by atoms with E-state index in [2.05, 4.69) is 5.32 Å².